The molecule has 2 N–H and O–H groups in total. The van der Waals surface area contributed by atoms with Gasteiger partial charge in [0.05, 0.1) is 23.2 Å². The van der Waals surface area contributed by atoms with Gasteiger partial charge in [-0.15, -0.1) is 0 Å². The Morgan fingerprint density at radius 3 is 1.27 bits per heavy atom. The van der Waals surface area contributed by atoms with E-state index in [-0.39, 0.29) is 23.7 Å². The van der Waals surface area contributed by atoms with Crippen molar-refractivity contribution >= 4 is 23.2 Å². The van der Waals surface area contributed by atoms with Gasteiger partial charge in [0, 0.05) is 0 Å². The fourth-order valence-corrected chi connectivity index (χ4v) is 3.66. The molecule has 0 aliphatic heterocycles. The van der Waals surface area contributed by atoms with E-state index in [2.05, 4.69) is 10.6 Å². The van der Waals surface area contributed by atoms with Gasteiger partial charge in [-0.25, -0.2) is 0 Å². The summed E-state index contributed by atoms with van der Waals surface area (Å²) in [6.07, 6.45) is 1.38. The number of benzene rings is 3. The van der Waals surface area contributed by atoms with E-state index in [1.165, 1.54) is 0 Å². The summed E-state index contributed by atoms with van der Waals surface area (Å²) < 4.78 is 0. The van der Waals surface area contributed by atoms with Crippen LogP contribution in [0.4, 0.5) is 11.4 Å². The normalized spacial score (nSPS) is 12.6. The fraction of sp³-hybridized carbons (Fsp3) is 0.231. The van der Waals surface area contributed by atoms with Gasteiger partial charge in [0.2, 0.25) is 11.8 Å². The topological polar surface area (TPSA) is 58.2 Å². The summed E-state index contributed by atoms with van der Waals surface area (Å²) >= 11 is 0. The Labute approximate surface area is 178 Å². The van der Waals surface area contributed by atoms with E-state index >= 15 is 0 Å². The zero-order chi connectivity index (χ0) is 21.3. The SMILES string of the molecule is CC[C@H](C(=O)Nc1ccccc1NC(=O)[C@@H](CC)c1ccccc1)c1ccccc1. The lowest BCUT2D eigenvalue weighted by molar-refractivity contribution is -0.118. The zero-order valence-electron chi connectivity index (χ0n) is 17.5. The van der Waals surface area contributed by atoms with Crippen molar-refractivity contribution in [2.45, 2.75) is 38.5 Å². The molecule has 3 aromatic carbocycles. The first kappa shape index (κ1) is 21.3. The van der Waals surface area contributed by atoms with E-state index < -0.39 is 0 Å². The zero-order valence-corrected chi connectivity index (χ0v) is 17.5. The van der Waals surface area contributed by atoms with Crippen LogP contribution in [0.3, 0.4) is 0 Å². The van der Waals surface area contributed by atoms with Crippen LogP contribution in [0.25, 0.3) is 0 Å². The van der Waals surface area contributed by atoms with E-state index in [9.17, 15) is 9.59 Å². The second-order valence-electron chi connectivity index (χ2n) is 7.27. The van der Waals surface area contributed by atoms with E-state index in [4.69, 9.17) is 0 Å². The van der Waals surface area contributed by atoms with Gasteiger partial charge in [0.25, 0.3) is 0 Å². The van der Waals surface area contributed by atoms with Crippen molar-refractivity contribution in [1.29, 1.82) is 0 Å². The summed E-state index contributed by atoms with van der Waals surface area (Å²) in [6, 6.07) is 26.8. The van der Waals surface area contributed by atoms with Gasteiger partial charge in [0.1, 0.15) is 0 Å². The molecule has 0 unspecified atom stereocenters. The Balaban J connectivity index is 1.77. The lowest BCUT2D eigenvalue weighted by Crippen LogP contribution is -2.24. The Bertz CT molecular complexity index is 890. The molecule has 0 aliphatic rings. The third-order valence-electron chi connectivity index (χ3n) is 5.30. The van der Waals surface area contributed by atoms with Crippen molar-refractivity contribution in [3.05, 3.63) is 96.1 Å². The first-order chi connectivity index (χ1) is 14.6. The van der Waals surface area contributed by atoms with Crippen LogP contribution in [0.5, 0.6) is 0 Å². The lowest BCUT2D eigenvalue weighted by atomic mass is 9.95. The van der Waals surface area contributed by atoms with Gasteiger partial charge in [0.15, 0.2) is 0 Å². The number of anilines is 2. The minimum absolute atomic E-state index is 0.0829. The van der Waals surface area contributed by atoms with Crippen molar-refractivity contribution in [1.82, 2.24) is 0 Å². The summed E-state index contributed by atoms with van der Waals surface area (Å²) in [5, 5.41) is 6.02. The van der Waals surface area contributed by atoms with Crippen LogP contribution < -0.4 is 10.6 Å². The van der Waals surface area contributed by atoms with Gasteiger partial charge >= 0.3 is 0 Å². The molecule has 0 fully saturated rings. The highest BCUT2D eigenvalue weighted by atomic mass is 16.2. The number of rotatable bonds is 8. The second kappa shape index (κ2) is 10.4. The molecular weight excluding hydrogens is 372 g/mol. The highest BCUT2D eigenvalue weighted by molar-refractivity contribution is 6.03. The van der Waals surface area contributed by atoms with Crippen LogP contribution in [-0.2, 0) is 9.59 Å². The molecule has 0 aliphatic carbocycles. The van der Waals surface area contributed by atoms with Crippen LogP contribution in [0, 0.1) is 0 Å². The van der Waals surface area contributed by atoms with Crippen molar-refractivity contribution in [2.24, 2.45) is 0 Å². The third-order valence-corrected chi connectivity index (χ3v) is 5.30. The van der Waals surface area contributed by atoms with E-state index in [0.29, 0.717) is 24.2 Å². The molecule has 154 valence electrons. The first-order valence-electron chi connectivity index (χ1n) is 10.4. The quantitative estimate of drug-likeness (QED) is 0.491. The summed E-state index contributed by atoms with van der Waals surface area (Å²) in [5.41, 5.74) is 3.17. The first-order valence-corrected chi connectivity index (χ1v) is 10.4. The monoisotopic (exact) mass is 400 g/mol. The Morgan fingerprint density at radius 1 is 0.600 bits per heavy atom. The van der Waals surface area contributed by atoms with Crippen LogP contribution in [-0.4, -0.2) is 11.8 Å². The van der Waals surface area contributed by atoms with Crippen LogP contribution >= 0.6 is 0 Å². The molecule has 0 bridgehead atoms. The Kier molecular flexibility index (Phi) is 7.39. The van der Waals surface area contributed by atoms with Gasteiger partial charge < -0.3 is 10.6 Å². The largest absolute Gasteiger partial charge is 0.324 e. The Hall–Kier alpha value is -3.40. The van der Waals surface area contributed by atoms with Crippen LogP contribution in [0.2, 0.25) is 0 Å². The number of nitrogens with one attached hydrogen (secondary N) is 2. The molecule has 3 rings (SSSR count). The standard InChI is InChI=1S/C26H28N2O2/c1-3-21(19-13-7-5-8-14-19)25(29)27-23-17-11-12-18-24(23)28-26(30)22(4-2)20-15-9-6-10-16-20/h5-18,21-22H,3-4H2,1-2H3,(H,27,29)(H,28,30)/t21-,22-/m0/s1. The number of amides is 2. The summed E-state index contributed by atoms with van der Waals surface area (Å²) in [6.45, 7) is 3.99. The number of carbonyl (C=O) groups is 2. The number of hydrogen-bond donors (Lipinski definition) is 2. The van der Waals surface area contributed by atoms with Crippen molar-refractivity contribution < 1.29 is 9.59 Å². The van der Waals surface area contributed by atoms with Crippen LogP contribution in [0.15, 0.2) is 84.9 Å². The highest BCUT2D eigenvalue weighted by Gasteiger charge is 2.22. The molecule has 0 saturated carbocycles. The van der Waals surface area contributed by atoms with Gasteiger partial charge in [-0.2, -0.15) is 0 Å². The molecule has 4 nitrogen and oxygen atoms in total. The van der Waals surface area contributed by atoms with E-state index in [0.717, 1.165) is 11.1 Å². The fourth-order valence-electron chi connectivity index (χ4n) is 3.66. The average Bonchev–Trinajstić information content (AvgIpc) is 2.78. The molecule has 2 amide bonds. The van der Waals surface area contributed by atoms with Crippen molar-refractivity contribution in [3.63, 3.8) is 0 Å². The van der Waals surface area contributed by atoms with Crippen molar-refractivity contribution in [2.75, 3.05) is 10.6 Å². The van der Waals surface area contributed by atoms with Crippen molar-refractivity contribution in [3.8, 4) is 0 Å². The minimum atomic E-state index is -0.248. The predicted octanol–water partition coefficient (Wildman–Crippen LogP) is 5.95. The lowest BCUT2D eigenvalue weighted by Gasteiger charge is -2.19. The molecule has 0 aromatic heterocycles. The van der Waals surface area contributed by atoms with Gasteiger partial charge in [-0.1, -0.05) is 86.6 Å². The molecule has 2 atom stereocenters. The Morgan fingerprint density at radius 2 is 0.933 bits per heavy atom. The van der Waals surface area contributed by atoms with Crippen LogP contribution in [0.1, 0.15) is 49.7 Å². The van der Waals surface area contributed by atoms with E-state index in [1.807, 2.05) is 98.8 Å². The van der Waals surface area contributed by atoms with Gasteiger partial charge in [-0.05, 0) is 36.1 Å². The summed E-state index contributed by atoms with van der Waals surface area (Å²) in [5.74, 6) is -0.661. The molecule has 30 heavy (non-hydrogen) atoms. The number of para-hydroxylation sites is 2. The molecule has 3 aromatic rings. The summed E-state index contributed by atoms with van der Waals surface area (Å²) in [7, 11) is 0. The molecule has 0 heterocycles. The molecular formula is C26H28N2O2. The smallest absolute Gasteiger partial charge is 0.231 e. The highest BCUT2D eigenvalue weighted by Crippen LogP contribution is 2.28. The second-order valence-corrected chi connectivity index (χ2v) is 7.27. The maximum absolute atomic E-state index is 13.0. The maximum atomic E-state index is 13.0. The molecule has 4 heteroatoms. The number of carbonyl (C=O) groups excluding carboxylic acids is 2. The summed E-state index contributed by atoms with van der Waals surface area (Å²) in [4.78, 5) is 25.9. The molecule has 0 spiro atoms. The third kappa shape index (κ3) is 5.15. The predicted molar refractivity (Wildman–Crippen MR) is 123 cm³/mol. The average molecular weight is 401 g/mol. The molecule has 0 saturated heterocycles. The minimum Gasteiger partial charge on any atom is -0.324 e. The number of hydrogen-bond acceptors (Lipinski definition) is 2. The van der Waals surface area contributed by atoms with E-state index in [1.54, 1.807) is 0 Å². The molecule has 0 radical (unpaired) electrons. The van der Waals surface area contributed by atoms with Gasteiger partial charge in [-0.3, -0.25) is 9.59 Å². The maximum Gasteiger partial charge on any atom is 0.231 e.